The first kappa shape index (κ1) is 19.4. The molecule has 0 fully saturated rings. The lowest BCUT2D eigenvalue weighted by Crippen LogP contribution is -2.33. The van der Waals surface area contributed by atoms with Crippen LogP contribution in [0.2, 0.25) is 0 Å². The molecule has 3 rings (SSSR count). The Bertz CT molecular complexity index is 998. The number of hydrogen-bond acceptors (Lipinski definition) is 3. The number of anilines is 1. The molecule has 28 heavy (non-hydrogen) atoms. The highest BCUT2D eigenvalue weighted by Gasteiger charge is 2.19. The van der Waals surface area contributed by atoms with Gasteiger partial charge in [-0.25, -0.2) is 0 Å². The molecule has 0 spiro atoms. The van der Waals surface area contributed by atoms with Crippen molar-refractivity contribution in [2.45, 2.75) is 32.9 Å². The Morgan fingerprint density at radius 1 is 0.857 bits per heavy atom. The highest BCUT2D eigenvalue weighted by Crippen LogP contribution is 2.22. The minimum Gasteiger partial charge on any atom is -0.481 e. The molecule has 0 radical (unpaired) electrons. The summed E-state index contributed by atoms with van der Waals surface area (Å²) in [5, 5.41) is 7.79. The zero-order valence-corrected chi connectivity index (χ0v) is 16.2. The van der Waals surface area contributed by atoms with Gasteiger partial charge in [-0.15, -0.1) is 0 Å². The van der Waals surface area contributed by atoms with Gasteiger partial charge < -0.3 is 15.4 Å². The van der Waals surface area contributed by atoms with Crippen molar-refractivity contribution in [3.63, 3.8) is 0 Å². The Balaban J connectivity index is 1.71. The summed E-state index contributed by atoms with van der Waals surface area (Å²) in [4.78, 5) is 25.0. The van der Waals surface area contributed by atoms with Crippen LogP contribution < -0.4 is 15.4 Å². The molecule has 0 aliphatic rings. The van der Waals surface area contributed by atoms with Crippen molar-refractivity contribution in [2.24, 2.45) is 0 Å². The molecule has 0 aliphatic carbocycles. The maximum Gasteiger partial charge on any atom is 0.265 e. The summed E-state index contributed by atoms with van der Waals surface area (Å²) in [6.07, 6.45) is -0.720. The Morgan fingerprint density at radius 3 is 2.29 bits per heavy atom. The van der Waals surface area contributed by atoms with Gasteiger partial charge in [-0.3, -0.25) is 9.59 Å². The minimum atomic E-state index is -0.720. The van der Waals surface area contributed by atoms with E-state index >= 15 is 0 Å². The van der Waals surface area contributed by atoms with Crippen molar-refractivity contribution in [2.75, 3.05) is 5.32 Å². The second kappa shape index (κ2) is 8.57. The number of para-hydroxylation sites is 1. The average molecular weight is 376 g/mol. The molecule has 1 atom stereocenters. The minimum absolute atomic E-state index is 0.00594. The number of rotatable bonds is 6. The van der Waals surface area contributed by atoms with E-state index in [9.17, 15) is 9.59 Å². The van der Waals surface area contributed by atoms with Crippen LogP contribution in [0.4, 0.5) is 5.69 Å². The van der Waals surface area contributed by atoms with E-state index in [2.05, 4.69) is 10.6 Å². The fraction of sp³-hybridized carbons (Fsp3) is 0.217. The first-order valence-corrected chi connectivity index (χ1v) is 9.30. The highest BCUT2D eigenvalue weighted by molar-refractivity contribution is 6.04. The molecule has 3 aromatic carbocycles. The zero-order valence-electron chi connectivity index (χ0n) is 16.2. The lowest BCUT2D eigenvalue weighted by molar-refractivity contribution is -0.122. The van der Waals surface area contributed by atoms with E-state index in [0.29, 0.717) is 17.0 Å². The predicted octanol–water partition coefficient (Wildman–Crippen LogP) is 4.38. The molecule has 2 amide bonds. The fourth-order valence-corrected chi connectivity index (χ4v) is 2.86. The number of hydrogen-bond donors (Lipinski definition) is 2. The second-order valence-corrected chi connectivity index (χ2v) is 6.93. The maximum absolute atomic E-state index is 12.6. The maximum atomic E-state index is 12.6. The first-order chi connectivity index (χ1) is 13.4. The van der Waals surface area contributed by atoms with Crippen LogP contribution in [0.5, 0.6) is 5.75 Å². The lowest BCUT2D eigenvalue weighted by atomic mass is 10.1. The Hall–Kier alpha value is -3.34. The van der Waals surface area contributed by atoms with Crippen LogP contribution in [0.15, 0.2) is 66.7 Å². The van der Waals surface area contributed by atoms with E-state index < -0.39 is 6.10 Å². The normalized spacial score (nSPS) is 11.9. The molecule has 5 heteroatoms. The van der Waals surface area contributed by atoms with E-state index in [4.69, 9.17) is 4.74 Å². The number of ether oxygens (including phenoxy) is 1. The lowest BCUT2D eigenvalue weighted by Gasteiger charge is -2.17. The molecule has 0 aliphatic heterocycles. The van der Waals surface area contributed by atoms with Gasteiger partial charge in [-0.05, 0) is 55.8 Å². The number of benzene rings is 3. The number of amides is 2. The highest BCUT2D eigenvalue weighted by atomic mass is 16.5. The van der Waals surface area contributed by atoms with E-state index in [1.165, 1.54) is 0 Å². The SMILES string of the molecule is CC(C)NC(=O)c1ccccc1NC(=O)[C@H](C)Oc1ccc2ccccc2c1. The van der Waals surface area contributed by atoms with Crippen LogP contribution in [0.25, 0.3) is 10.8 Å². The monoisotopic (exact) mass is 376 g/mol. The summed E-state index contributed by atoms with van der Waals surface area (Å²) < 4.78 is 5.81. The number of carbonyl (C=O) groups excluding carboxylic acids is 2. The third kappa shape index (κ3) is 4.68. The predicted molar refractivity (Wildman–Crippen MR) is 112 cm³/mol. The summed E-state index contributed by atoms with van der Waals surface area (Å²) in [6.45, 7) is 5.46. The summed E-state index contributed by atoms with van der Waals surface area (Å²) in [5.74, 6) is 0.0687. The summed E-state index contributed by atoms with van der Waals surface area (Å²) >= 11 is 0. The molecule has 144 valence electrons. The van der Waals surface area contributed by atoms with Gasteiger partial charge in [0.05, 0.1) is 11.3 Å². The number of fused-ring (bicyclic) bond motifs is 1. The zero-order chi connectivity index (χ0) is 20.1. The molecule has 5 nitrogen and oxygen atoms in total. The quantitative estimate of drug-likeness (QED) is 0.671. The van der Waals surface area contributed by atoms with Crippen molar-refractivity contribution < 1.29 is 14.3 Å². The third-order valence-electron chi connectivity index (χ3n) is 4.25. The van der Waals surface area contributed by atoms with Crippen molar-refractivity contribution in [3.8, 4) is 5.75 Å². The van der Waals surface area contributed by atoms with Crippen molar-refractivity contribution in [1.29, 1.82) is 0 Å². The molecular weight excluding hydrogens is 352 g/mol. The summed E-state index contributed by atoms with van der Waals surface area (Å²) in [5.41, 5.74) is 0.877. The van der Waals surface area contributed by atoms with Crippen LogP contribution in [-0.2, 0) is 4.79 Å². The summed E-state index contributed by atoms with van der Waals surface area (Å²) in [6, 6.07) is 20.6. The van der Waals surface area contributed by atoms with Crippen LogP contribution in [0.3, 0.4) is 0 Å². The van der Waals surface area contributed by atoms with Crippen LogP contribution in [0.1, 0.15) is 31.1 Å². The van der Waals surface area contributed by atoms with Gasteiger partial charge in [0.15, 0.2) is 6.10 Å². The van der Waals surface area contributed by atoms with Gasteiger partial charge in [0.25, 0.3) is 11.8 Å². The molecule has 0 saturated carbocycles. The smallest absolute Gasteiger partial charge is 0.265 e. The Labute approximate surface area is 164 Å². The second-order valence-electron chi connectivity index (χ2n) is 6.93. The van der Waals surface area contributed by atoms with Gasteiger partial charge >= 0.3 is 0 Å². The largest absolute Gasteiger partial charge is 0.481 e. The van der Waals surface area contributed by atoms with E-state index in [0.717, 1.165) is 10.8 Å². The molecule has 0 aromatic heterocycles. The molecule has 0 heterocycles. The van der Waals surface area contributed by atoms with Crippen molar-refractivity contribution in [1.82, 2.24) is 5.32 Å². The molecule has 3 aromatic rings. The van der Waals surface area contributed by atoms with Crippen molar-refractivity contribution >= 4 is 28.3 Å². The molecule has 2 N–H and O–H groups in total. The molecule has 0 bridgehead atoms. The van der Waals surface area contributed by atoms with Gasteiger partial charge in [0.2, 0.25) is 0 Å². The number of nitrogens with one attached hydrogen (secondary N) is 2. The Kier molecular flexibility index (Phi) is 5.94. The molecule has 0 saturated heterocycles. The third-order valence-corrected chi connectivity index (χ3v) is 4.25. The summed E-state index contributed by atoms with van der Waals surface area (Å²) in [7, 11) is 0. The van der Waals surface area contributed by atoms with Gasteiger partial charge in [0.1, 0.15) is 5.75 Å². The topological polar surface area (TPSA) is 67.4 Å². The fourth-order valence-electron chi connectivity index (χ4n) is 2.86. The van der Waals surface area contributed by atoms with Crippen molar-refractivity contribution in [3.05, 3.63) is 72.3 Å². The van der Waals surface area contributed by atoms with Crippen LogP contribution in [-0.4, -0.2) is 24.0 Å². The molecule has 0 unspecified atom stereocenters. The van der Waals surface area contributed by atoms with Gasteiger partial charge in [-0.2, -0.15) is 0 Å². The van der Waals surface area contributed by atoms with E-state index in [-0.39, 0.29) is 17.9 Å². The average Bonchev–Trinajstić information content (AvgIpc) is 2.67. The molecular formula is C23H24N2O3. The van der Waals surface area contributed by atoms with Crippen LogP contribution >= 0.6 is 0 Å². The van der Waals surface area contributed by atoms with E-state index in [1.54, 1.807) is 31.2 Å². The van der Waals surface area contributed by atoms with Gasteiger partial charge in [-0.1, -0.05) is 42.5 Å². The number of carbonyl (C=O) groups is 2. The van der Waals surface area contributed by atoms with E-state index in [1.807, 2.05) is 56.3 Å². The standard InChI is InChI=1S/C23H24N2O3/c1-15(2)24-23(27)20-10-6-7-11-21(20)25-22(26)16(3)28-19-13-12-17-8-4-5-9-18(17)14-19/h4-16H,1-3H3,(H,24,27)(H,25,26)/t16-/m0/s1. The van der Waals surface area contributed by atoms with Gasteiger partial charge in [0, 0.05) is 6.04 Å². The van der Waals surface area contributed by atoms with Crippen LogP contribution in [0, 0.1) is 0 Å². The Morgan fingerprint density at radius 2 is 1.54 bits per heavy atom. The first-order valence-electron chi connectivity index (χ1n) is 9.30.